The lowest BCUT2D eigenvalue weighted by Gasteiger charge is -2.39. The van der Waals surface area contributed by atoms with Crippen molar-refractivity contribution in [2.75, 3.05) is 0 Å². The predicted molar refractivity (Wildman–Crippen MR) is 221 cm³/mol. The first-order chi connectivity index (χ1) is 27.7. The van der Waals surface area contributed by atoms with Gasteiger partial charge in [0.1, 0.15) is 22.5 Å². The number of nitrogens with zero attached hydrogens (tertiary/aromatic N) is 2. The Bertz CT molecular complexity index is 2990. The molecular formula is C51H30N2O3. The first-order valence-electron chi connectivity index (χ1n) is 18.8. The Morgan fingerprint density at radius 1 is 0.339 bits per heavy atom. The van der Waals surface area contributed by atoms with Crippen LogP contribution in [0.4, 0.5) is 0 Å². The fourth-order valence-corrected chi connectivity index (χ4v) is 8.93. The molecule has 5 heteroatoms. The maximum atomic E-state index is 6.77. The zero-order valence-electron chi connectivity index (χ0n) is 29.9. The average Bonchev–Trinajstić information content (AvgIpc) is 3.98. The van der Waals surface area contributed by atoms with Gasteiger partial charge >= 0.3 is 0 Å². The molecule has 56 heavy (non-hydrogen) atoms. The van der Waals surface area contributed by atoms with Crippen LogP contribution < -0.4 is 4.74 Å². The van der Waals surface area contributed by atoms with Crippen molar-refractivity contribution in [3.63, 3.8) is 0 Å². The van der Waals surface area contributed by atoms with E-state index in [9.17, 15) is 0 Å². The van der Waals surface area contributed by atoms with E-state index < -0.39 is 5.41 Å². The molecule has 0 atom stereocenters. The molecule has 0 saturated heterocycles. The summed E-state index contributed by atoms with van der Waals surface area (Å²) in [4.78, 5) is 9.64. The van der Waals surface area contributed by atoms with E-state index in [1.54, 1.807) is 0 Å². The highest BCUT2D eigenvalue weighted by atomic mass is 16.5. The van der Waals surface area contributed by atoms with Crippen LogP contribution in [0.25, 0.3) is 78.5 Å². The SMILES string of the molecule is c1ccc2c(c1)Oc1cc(-c3ccc(-c4cc(-c5nc6ccccc6o5)cc(-c5nc6ccccc6o5)c4)cc3)ccc1C21c2ccccc2-c2ccccc21. The van der Waals surface area contributed by atoms with Gasteiger partial charge in [0.05, 0.1) is 5.41 Å². The Morgan fingerprint density at radius 2 is 0.804 bits per heavy atom. The van der Waals surface area contributed by atoms with E-state index >= 15 is 0 Å². The van der Waals surface area contributed by atoms with Gasteiger partial charge in [-0.05, 0) is 99.1 Å². The summed E-state index contributed by atoms with van der Waals surface area (Å²) in [7, 11) is 0. The van der Waals surface area contributed by atoms with E-state index in [1.807, 2.05) is 54.6 Å². The molecular weight excluding hydrogens is 689 g/mol. The largest absolute Gasteiger partial charge is 0.457 e. The Hall–Kier alpha value is -7.50. The molecule has 2 aliphatic rings. The predicted octanol–water partition coefficient (Wildman–Crippen LogP) is 13.1. The number of fused-ring (bicyclic) bond motifs is 11. The smallest absolute Gasteiger partial charge is 0.227 e. The summed E-state index contributed by atoms with van der Waals surface area (Å²) in [6.45, 7) is 0. The van der Waals surface area contributed by atoms with Gasteiger partial charge < -0.3 is 13.6 Å². The van der Waals surface area contributed by atoms with Crippen molar-refractivity contribution in [1.29, 1.82) is 0 Å². The Labute approximate surface area is 322 Å². The normalized spacial score (nSPS) is 13.3. The zero-order chi connectivity index (χ0) is 36.8. The molecule has 2 aromatic heterocycles. The van der Waals surface area contributed by atoms with Gasteiger partial charge in [0.25, 0.3) is 0 Å². The number of rotatable bonds is 4. The molecule has 0 bridgehead atoms. The van der Waals surface area contributed by atoms with Gasteiger partial charge in [-0.25, -0.2) is 9.97 Å². The molecule has 0 saturated carbocycles. The lowest BCUT2D eigenvalue weighted by atomic mass is 9.66. The Balaban J connectivity index is 0.965. The van der Waals surface area contributed by atoms with Crippen LogP contribution in [-0.4, -0.2) is 9.97 Å². The summed E-state index contributed by atoms with van der Waals surface area (Å²) < 4.78 is 19.3. The summed E-state index contributed by atoms with van der Waals surface area (Å²) in [6.07, 6.45) is 0. The first kappa shape index (κ1) is 30.9. The van der Waals surface area contributed by atoms with Crippen molar-refractivity contribution < 1.29 is 13.6 Å². The molecule has 1 aliphatic carbocycles. The molecule has 5 nitrogen and oxygen atoms in total. The number of para-hydroxylation sites is 5. The minimum absolute atomic E-state index is 0.480. The van der Waals surface area contributed by atoms with Gasteiger partial charge in [-0.15, -0.1) is 0 Å². The summed E-state index contributed by atoms with van der Waals surface area (Å²) in [5, 5.41) is 0. The molecule has 8 aromatic carbocycles. The fraction of sp³-hybridized carbons (Fsp3) is 0.0196. The third kappa shape index (κ3) is 4.49. The monoisotopic (exact) mass is 718 g/mol. The van der Waals surface area contributed by atoms with Gasteiger partial charge in [0, 0.05) is 22.3 Å². The van der Waals surface area contributed by atoms with Crippen LogP contribution in [0, 0.1) is 0 Å². The lowest BCUT2D eigenvalue weighted by molar-refractivity contribution is 0.436. The minimum atomic E-state index is -0.480. The molecule has 1 spiro atoms. The van der Waals surface area contributed by atoms with Crippen molar-refractivity contribution in [3.8, 4) is 67.8 Å². The summed E-state index contributed by atoms with van der Waals surface area (Å²) in [5.41, 5.74) is 16.0. The summed E-state index contributed by atoms with van der Waals surface area (Å²) >= 11 is 0. The first-order valence-corrected chi connectivity index (χ1v) is 18.8. The second-order valence-corrected chi connectivity index (χ2v) is 14.5. The number of hydrogen-bond acceptors (Lipinski definition) is 5. The van der Waals surface area contributed by atoms with Crippen molar-refractivity contribution >= 4 is 22.2 Å². The van der Waals surface area contributed by atoms with Crippen LogP contribution in [0.15, 0.2) is 191 Å². The molecule has 0 radical (unpaired) electrons. The molecule has 10 aromatic rings. The van der Waals surface area contributed by atoms with Crippen LogP contribution in [0.2, 0.25) is 0 Å². The molecule has 12 rings (SSSR count). The summed E-state index contributed by atoms with van der Waals surface area (Å²) in [6, 6.07) is 63.4. The third-order valence-corrected chi connectivity index (χ3v) is 11.4. The highest BCUT2D eigenvalue weighted by Gasteiger charge is 2.50. The lowest BCUT2D eigenvalue weighted by Crippen LogP contribution is -2.32. The van der Waals surface area contributed by atoms with E-state index in [0.717, 1.165) is 72.6 Å². The Morgan fingerprint density at radius 3 is 1.41 bits per heavy atom. The van der Waals surface area contributed by atoms with Crippen molar-refractivity contribution in [2.24, 2.45) is 0 Å². The second kappa shape index (κ2) is 11.7. The van der Waals surface area contributed by atoms with Gasteiger partial charge in [0.15, 0.2) is 11.2 Å². The van der Waals surface area contributed by atoms with Crippen LogP contribution in [0.5, 0.6) is 11.5 Å². The highest BCUT2D eigenvalue weighted by Crippen LogP contribution is 2.62. The van der Waals surface area contributed by atoms with Gasteiger partial charge in [-0.2, -0.15) is 0 Å². The van der Waals surface area contributed by atoms with E-state index in [0.29, 0.717) is 11.8 Å². The fourth-order valence-electron chi connectivity index (χ4n) is 8.93. The standard InChI is InChI=1S/C51H30N2O3/c1-3-13-39-37(11-1)38-12-2-4-14-40(38)51(39)41-15-5-8-18-45(41)54-48-30-33(25-26-42(48)51)31-21-23-32(24-22-31)34-27-35(49-52-43-16-6-9-19-46(43)55-49)29-36(28-34)50-53-44-17-7-10-20-47(44)56-50/h1-30H. The van der Waals surface area contributed by atoms with Gasteiger partial charge in [0.2, 0.25) is 11.8 Å². The minimum Gasteiger partial charge on any atom is -0.457 e. The van der Waals surface area contributed by atoms with Gasteiger partial charge in [-0.1, -0.05) is 127 Å². The number of hydrogen-bond donors (Lipinski definition) is 0. The van der Waals surface area contributed by atoms with Crippen LogP contribution in [0.1, 0.15) is 22.3 Å². The maximum Gasteiger partial charge on any atom is 0.227 e. The van der Waals surface area contributed by atoms with Crippen molar-refractivity contribution in [2.45, 2.75) is 5.41 Å². The zero-order valence-corrected chi connectivity index (χ0v) is 29.9. The average molecular weight is 719 g/mol. The van der Waals surface area contributed by atoms with Crippen LogP contribution >= 0.6 is 0 Å². The van der Waals surface area contributed by atoms with Crippen LogP contribution in [-0.2, 0) is 5.41 Å². The maximum absolute atomic E-state index is 6.77. The van der Waals surface area contributed by atoms with Crippen molar-refractivity contribution in [1.82, 2.24) is 9.97 Å². The number of aromatic nitrogens is 2. The van der Waals surface area contributed by atoms with E-state index in [1.165, 1.54) is 27.8 Å². The number of oxazole rings is 2. The molecule has 262 valence electrons. The Kier molecular flexibility index (Phi) is 6.48. The van der Waals surface area contributed by atoms with Crippen LogP contribution in [0.3, 0.4) is 0 Å². The molecule has 1 aliphatic heterocycles. The molecule has 0 N–H and O–H groups in total. The second-order valence-electron chi connectivity index (χ2n) is 14.5. The van der Waals surface area contributed by atoms with E-state index in [-0.39, 0.29) is 0 Å². The molecule has 0 amide bonds. The quantitative estimate of drug-likeness (QED) is 0.181. The molecule has 0 fully saturated rings. The van der Waals surface area contributed by atoms with E-state index in [2.05, 4.69) is 127 Å². The number of ether oxygens (including phenoxy) is 1. The van der Waals surface area contributed by atoms with E-state index in [4.69, 9.17) is 23.5 Å². The van der Waals surface area contributed by atoms with Gasteiger partial charge in [-0.3, -0.25) is 0 Å². The molecule has 0 unspecified atom stereocenters. The summed E-state index contributed by atoms with van der Waals surface area (Å²) in [5.74, 6) is 2.84. The highest BCUT2D eigenvalue weighted by molar-refractivity contribution is 5.89. The number of benzene rings is 8. The third-order valence-electron chi connectivity index (χ3n) is 11.4. The molecule has 3 heterocycles. The van der Waals surface area contributed by atoms with Crippen molar-refractivity contribution in [3.05, 3.63) is 204 Å². The topological polar surface area (TPSA) is 61.3 Å².